The summed E-state index contributed by atoms with van der Waals surface area (Å²) in [5.74, 6) is -0.515. The van der Waals surface area contributed by atoms with E-state index in [1.807, 2.05) is 62.4 Å². The molecular weight excluding hydrogens is 370 g/mol. The Balaban J connectivity index is 1.76. The van der Waals surface area contributed by atoms with Gasteiger partial charge in [0.25, 0.3) is 0 Å². The predicted octanol–water partition coefficient (Wildman–Crippen LogP) is 4.01. The Morgan fingerprint density at radius 3 is 2.61 bits per heavy atom. The molecule has 0 aromatic heterocycles. The highest BCUT2D eigenvalue weighted by Gasteiger charge is 2.29. The Kier molecular flexibility index (Phi) is 6.17. The van der Waals surface area contributed by atoms with Gasteiger partial charge in [-0.3, -0.25) is 9.59 Å². The quantitative estimate of drug-likeness (QED) is 0.807. The van der Waals surface area contributed by atoms with Crippen molar-refractivity contribution in [2.75, 3.05) is 11.1 Å². The van der Waals surface area contributed by atoms with Crippen LogP contribution in [-0.2, 0) is 9.59 Å². The largest absolute Gasteiger partial charge is 0.325 e. The summed E-state index contributed by atoms with van der Waals surface area (Å²) < 4.78 is 0. The minimum Gasteiger partial charge on any atom is -0.325 e. The van der Waals surface area contributed by atoms with Crippen molar-refractivity contribution in [3.63, 3.8) is 0 Å². The molecule has 1 atom stereocenters. The van der Waals surface area contributed by atoms with Crippen molar-refractivity contribution < 1.29 is 9.59 Å². The second kappa shape index (κ2) is 8.77. The third kappa shape index (κ3) is 4.62. The number of nitrogens with zero attached hydrogens (tertiary/aromatic N) is 1. The Labute approximate surface area is 168 Å². The molecule has 142 valence electrons. The van der Waals surface area contributed by atoms with Gasteiger partial charge in [-0.05, 0) is 31.0 Å². The van der Waals surface area contributed by atoms with Gasteiger partial charge in [-0.2, -0.15) is 5.26 Å². The maximum Gasteiger partial charge on any atom is 0.234 e. The minimum absolute atomic E-state index is 0.107. The fourth-order valence-corrected chi connectivity index (χ4v) is 3.93. The van der Waals surface area contributed by atoms with Crippen molar-refractivity contribution in [1.82, 2.24) is 5.32 Å². The molecule has 0 fully saturated rings. The number of nitriles is 1. The van der Waals surface area contributed by atoms with E-state index in [9.17, 15) is 14.9 Å². The van der Waals surface area contributed by atoms with Gasteiger partial charge in [-0.1, -0.05) is 59.8 Å². The lowest BCUT2D eigenvalue weighted by Crippen LogP contribution is -2.31. The lowest BCUT2D eigenvalue weighted by atomic mass is 9.87. The van der Waals surface area contributed by atoms with E-state index in [4.69, 9.17) is 0 Å². The second-order valence-electron chi connectivity index (χ2n) is 6.72. The van der Waals surface area contributed by atoms with Gasteiger partial charge < -0.3 is 10.6 Å². The van der Waals surface area contributed by atoms with Gasteiger partial charge in [-0.15, -0.1) is 0 Å². The number of carbonyl (C=O) groups excluding carboxylic acids is 2. The molecule has 2 N–H and O–H groups in total. The molecule has 1 heterocycles. The third-order valence-corrected chi connectivity index (χ3v) is 5.62. The summed E-state index contributed by atoms with van der Waals surface area (Å²) in [7, 11) is 0. The highest BCUT2D eigenvalue weighted by atomic mass is 32.2. The predicted molar refractivity (Wildman–Crippen MR) is 112 cm³/mol. The Morgan fingerprint density at radius 2 is 1.93 bits per heavy atom. The molecule has 2 amide bonds. The Bertz CT molecular complexity index is 974. The maximum absolute atomic E-state index is 12.3. The van der Waals surface area contributed by atoms with Crippen LogP contribution in [0.15, 0.2) is 59.1 Å². The lowest BCUT2D eigenvalue weighted by molar-refractivity contribution is -0.121. The van der Waals surface area contributed by atoms with Gasteiger partial charge in [0.1, 0.15) is 0 Å². The topological polar surface area (TPSA) is 82.0 Å². The maximum atomic E-state index is 12.3. The zero-order valence-corrected chi connectivity index (χ0v) is 16.6. The first-order valence-electron chi connectivity index (χ1n) is 8.97. The van der Waals surface area contributed by atoms with Crippen LogP contribution in [0.2, 0.25) is 0 Å². The Hall–Kier alpha value is -3.04. The van der Waals surface area contributed by atoms with Gasteiger partial charge >= 0.3 is 0 Å². The van der Waals surface area contributed by atoms with E-state index in [1.54, 1.807) is 0 Å². The molecule has 0 bridgehead atoms. The van der Waals surface area contributed by atoms with Gasteiger partial charge in [0.15, 0.2) is 0 Å². The smallest absolute Gasteiger partial charge is 0.234 e. The van der Waals surface area contributed by atoms with Crippen molar-refractivity contribution >= 4 is 29.3 Å². The lowest BCUT2D eigenvalue weighted by Gasteiger charge is -2.25. The summed E-state index contributed by atoms with van der Waals surface area (Å²) in [5.41, 5.74) is 4.28. The summed E-state index contributed by atoms with van der Waals surface area (Å²) in [6.07, 6.45) is 0.228. The number of thioether (sulfide) groups is 1. The fraction of sp³-hybridized carbons (Fsp3) is 0.227. The van der Waals surface area contributed by atoms with Gasteiger partial charge in [0, 0.05) is 18.0 Å². The minimum atomic E-state index is -0.290. The molecule has 0 saturated carbocycles. The molecule has 3 rings (SSSR count). The van der Waals surface area contributed by atoms with Crippen molar-refractivity contribution in [3.05, 3.63) is 75.8 Å². The SMILES string of the molecule is Cc1ccc([C@H]2CC(=O)NC(SCC(=O)Nc3ccccc3C)=C2C#N)cc1. The number of allylic oxidation sites excluding steroid dienone is 1. The first-order chi connectivity index (χ1) is 13.5. The summed E-state index contributed by atoms with van der Waals surface area (Å²) in [4.78, 5) is 24.5. The molecule has 5 nitrogen and oxygen atoms in total. The van der Waals surface area contributed by atoms with Crippen LogP contribution >= 0.6 is 11.8 Å². The number of rotatable bonds is 5. The van der Waals surface area contributed by atoms with Crippen molar-refractivity contribution in [2.24, 2.45) is 0 Å². The standard InChI is InChI=1S/C22H21N3O2S/c1-14-7-9-16(10-8-14)17-11-20(26)25-22(18(17)12-23)28-13-21(27)24-19-6-4-3-5-15(19)2/h3-10,17H,11,13H2,1-2H3,(H,24,27)(H,25,26)/t17-/m1/s1. The summed E-state index contributed by atoms with van der Waals surface area (Å²) in [6, 6.07) is 17.6. The molecule has 2 aromatic carbocycles. The highest BCUT2D eigenvalue weighted by Crippen LogP contribution is 2.36. The average Bonchev–Trinajstić information content (AvgIpc) is 2.68. The zero-order chi connectivity index (χ0) is 20.1. The number of benzene rings is 2. The van der Waals surface area contributed by atoms with E-state index in [-0.39, 0.29) is 29.9 Å². The first kappa shape index (κ1) is 19.7. The van der Waals surface area contributed by atoms with E-state index in [2.05, 4.69) is 16.7 Å². The number of aryl methyl sites for hydroxylation is 2. The van der Waals surface area contributed by atoms with E-state index >= 15 is 0 Å². The van der Waals surface area contributed by atoms with Crippen LogP contribution in [0.5, 0.6) is 0 Å². The molecule has 0 radical (unpaired) electrons. The molecule has 28 heavy (non-hydrogen) atoms. The number of para-hydroxylation sites is 1. The zero-order valence-electron chi connectivity index (χ0n) is 15.8. The molecule has 0 aliphatic carbocycles. The van der Waals surface area contributed by atoms with Crippen LogP contribution in [0.3, 0.4) is 0 Å². The van der Waals surface area contributed by atoms with E-state index in [0.29, 0.717) is 10.6 Å². The third-order valence-electron chi connectivity index (χ3n) is 4.60. The van der Waals surface area contributed by atoms with Crippen LogP contribution in [-0.4, -0.2) is 17.6 Å². The van der Waals surface area contributed by atoms with Crippen LogP contribution < -0.4 is 10.6 Å². The Morgan fingerprint density at radius 1 is 1.21 bits per heavy atom. The number of amides is 2. The van der Waals surface area contributed by atoms with Crippen LogP contribution in [0, 0.1) is 25.2 Å². The van der Waals surface area contributed by atoms with Gasteiger partial charge in [-0.25, -0.2) is 0 Å². The molecule has 1 aliphatic heterocycles. The van der Waals surface area contributed by atoms with Crippen LogP contribution in [0.1, 0.15) is 29.0 Å². The number of hydrogen-bond acceptors (Lipinski definition) is 4. The normalized spacial score (nSPS) is 16.3. The van der Waals surface area contributed by atoms with Gasteiger partial charge in [0.05, 0.1) is 22.4 Å². The number of anilines is 1. The average molecular weight is 391 g/mol. The number of carbonyl (C=O) groups is 2. The van der Waals surface area contributed by atoms with Gasteiger partial charge in [0.2, 0.25) is 11.8 Å². The molecule has 0 spiro atoms. The number of nitrogens with one attached hydrogen (secondary N) is 2. The van der Waals surface area contributed by atoms with E-state index in [1.165, 1.54) is 11.8 Å². The molecule has 0 unspecified atom stereocenters. The molecule has 6 heteroatoms. The van der Waals surface area contributed by atoms with Crippen molar-refractivity contribution in [1.29, 1.82) is 5.26 Å². The summed E-state index contributed by atoms with van der Waals surface area (Å²) >= 11 is 1.18. The summed E-state index contributed by atoms with van der Waals surface area (Å²) in [5, 5.41) is 15.8. The van der Waals surface area contributed by atoms with E-state index < -0.39 is 0 Å². The summed E-state index contributed by atoms with van der Waals surface area (Å²) in [6.45, 7) is 3.92. The monoisotopic (exact) mass is 391 g/mol. The molecular formula is C22H21N3O2S. The van der Waals surface area contributed by atoms with Crippen molar-refractivity contribution in [3.8, 4) is 6.07 Å². The number of hydrogen-bond donors (Lipinski definition) is 2. The second-order valence-corrected chi connectivity index (χ2v) is 7.71. The van der Waals surface area contributed by atoms with Crippen LogP contribution in [0.25, 0.3) is 0 Å². The highest BCUT2D eigenvalue weighted by molar-refractivity contribution is 8.03. The first-order valence-corrected chi connectivity index (χ1v) is 9.95. The molecule has 1 aliphatic rings. The molecule has 2 aromatic rings. The molecule has 0 saturated heterocycles. The van der Waals surface area contributed by atoms with Crippen molar-refractivity contribution in [2.45, 2.75) is 26.2 Å². The van der Waals surface area contributed by atoms with E-state index in [0.717, 1.165) is 22.4 Å². The van der Waals surface area contributed by atoms with Crippen LogP contribution in [0.4, 0.5) is 5.69 Å². The fourth-order valence-electron chi connectivity index (χ4n) is 3.05.